The molecule has 79 heavy (non-hydrogen) atoms. The van der Waals surface area contributed by atoms with E-state index in [0.717, 1.165) is 42.4 Å². The number of piperidine rings is 2. The number of amides is 3. The summed E-state index contributed by atoms with van der Waals surface area (Å²) >= 11 is 13.0. The van der Waals surface area contributed by atoms with Crippen molar-refractivity contribution in [1.82, 2.24) is 35.5 Å². The van der Waals surface area contributed by atoms with E-state index in [1.807, 2.05) is 108 Å². The van der Waals surface area contributed by atoms with Crippen molar-refractivity contribution < 1.29 is 52.8 Å². The first-order valence-electron chi connectivity index (χ1n) is 26.5. The fraction of sp³-hybridized carbons (Fsp3) is 0.491. The van der Waals surface area contributed by atoms with Crippen LogP contribution in [0.3, 0.4) is 0 Å². The number of alkyl carbamates (subject to hydrolysis) is 2. The SMILES string of the molecule is CCOC(=O)[C@H](Cc1ccccc1)NC(=O)c1nn(COC)c(N2CCC[C@@H](NC(=O)OC(C)(C)C)C2)c1Cc1ccccc1Cl.COCn1nc(C(=O)O)c(Cc2ccccc2Cl)c1N1CCC[C@@H](NC(=O)OC(C)(C)C)C1. The molecular formula is C57H75Cl2N9O11. The number of ether oxygens (including phenoxy) is 5. The summed E-state index contributed by atoms with van der Waals surface area (Å²) in [5, 5.41) is 28.8. The van der Waals surface area contributed by atoms with Gasteiger partial charge in [-0.1, -0.05) is 89.9 Å². The molecule has 0 unspecified atom stereocenters. The third-order valence-electron chi connectivity index (χ3n) is 12.7. The minimum atomic E-state index is -1.12. The molecule has 0 spiro atoms. The summed E-state index contributed by atoms with van der Waals surface area (Å²) in [7, 11) is 3.08. The number of anilines is 2. The molecule has 428 valence electrons. The van der Waals surface area contributed by atoms with Crippen LogP contribution >= 0.6 is 23.2 Å². The van der Waals surface area contributed by atoms with Gasteiger partial charge >= 0.3 is 24.1 Å². The fourth-order valence-corrected chi connectivity index (χ4v) is 9.90. The molecule has 22 heteroatoms. The van der Waals surface area contributed by atoms with Crippen LogP contribution in [0.25, 0.3) is 0 Å². The number of hydrogen-bond donors (Lipinski definition) is 4. The van der Waals surface area contributed by atoms with E-state index >= 15 is 0 Å². The number of carboxylic acids is 1. The highest BCUT2D eigenvalue weighted by Crippen LogP contribution is 2.34. The van der Waals surface area contributed by atoms with Crippen LogP contribution in [-0.4, -0.2) is 131 Å². The average Bonchev–Trinajstić information content (AvgIpc) is 3.99. The van der Waals surface area contributed by atoms with Gasteiger partial charge in [0.15, 0.2) is 11.4 Å². The van der Waals surface area contributed by atoms with E-state index < -0.39 is 47.3 Å². The van der Waals surface area contributed by atoms with Gasteiger partial charge in [0.05, 0.1) is 6.61 Å². The molecule has 7 rings (SSSR count). The molecule has 0 aliphatic carbocycles. The predicted octanol–water partition coefficient (Wildman–Crippen LogP) is 9.05. The molecule has 4 N–H and O–H groups in total. The zero-order valence-corrected chi connectivity index (χ0v) is 48.1. The predicted molar refractivity (Wildman–Crippen MR) is 301 cm³/mol. The van der Waals surface area contributed by atoms with Gasteiger partial charge < -0.3 is 54.5 Å². The van der Waals surface area contributed by atoms with Gasteiger partial charge in [-0.2, -0.15) is 10.2 Å². The summed E-state index contributed by atoms with van der Waals surface area (Å²) in [4.78, 5) is 68.2. The Bertz CT molecular complexity index is 2870. The second-order valence-electron chi connectivity index (χ2n) is 21.3. The lowest BCUT2D eigenvalue weighted by atomic mass is 10.0. The first-order chi connectivity index (χ1) is 37.6. The van der Waals surface area contributed by atoms with E-state index in [1.165, 1.54) is 7.11 Å². The summed E-state index contributed by atoms with van der Waals surface area (Å²) < 4.78 is 30.2. The number of hydrogen-bond acceptors (Lipinski definition) is 14. The van der Waals surface area contributed by atoms with Gasteiger partial charge in [-0.25, -0.2) is 28.5 Å². The monoisotopic (exact) mass is 1130 g/mol. The molecule has 3 atom stereocenters. The zero-order chi connectivity index (χ0) is 57.4. The fourth-order valence-electron chi connectivity index (χ4n) is 9.49. The Kier molecular flexibility index (Phi) is 22.0. The Hall–Kier alpha value is -6.87. The van der Waals surface area contributed by atoms with E-state index in [1.54, 1.807) is 35.5 Å². The van der Waals surface area contributed by atoms with E-state index in [2.05, 4.69) is 30.8 Å². The van der Waals surface area contributed by atoms with E-state index in [0.29, 0.717) is 71.8 Å². The number of carbonyl (C=O) groups is 5. The lowest BCUT2D eigenvalue weighted by Gasteiger charge is -2.35. The number of aromatic nitrogens is 4. The van der Waals surface area contributed by atoms with E-state index in [4.69, 9.17) is 52.0 Å². The minimum absolute atomic E-state index is 0.0378. The lowest BCUT2D eigenvalue weighted by molar-refractivity contribution is -0.145. The Labute approximate surface area is 472 Å². The number of rotatable bonds is 19. The summed E-state index contributed by atoms with van der Waals surface area (Å²) in [5.74, 6) is -0.833. The van der Waals surface area contributed by atoms with Crippen LogP contribution in [0.4, 0.5) is 21.2 Å². The molecule has 2 saturated heterocycles. The first-order valence-corrected chi connectivity index (χ1v) is 27.2. The van der Waals surface area contributed by atoms with Crippen molar-refractivity contribution in [1.29, 1.82) is 0 Å². The topological polar surface area (TPSA) is 230 Å². The Morgan fingerprint density at radius 1 is 0.671 bits per heavy atom. The molecule has 5 aromatic rings. The quantitative estimate of drug-likeness (QED) is 0.0446. The van der Waals surface area contributed by atoms with E-state index in [-0.39, 0.29) is 50.0 Å². The molecule has 3 amide bonds. The molecular weight excluding hydrogens is 1060 g/mol. The Morgan fingerprint density at radius 2 is 1.11 bits per heavy atom. The normalized spacial score (nSPS) is 16.0. The van der Waals surface area contributed by atoms with Crippen LogP contribution < -0.4 is 25.8 Å². The van der Waals surface area contributed by atoms with Crippen LogP contribution in [0.15, 0.2) is 78.9 Å². The maximum atomic E-state index is 14.1. The summed E-state index contributed by atoms with van der Waals surface area (Å²) in [6.07, 6.45) is 3.06. The van der Waals surface area contributed by atoms with Crippen molar-refractivity contribution >= 4 is 64.9 Å². The van der Waals surface area contributed by atoms with E-state index in [9.17, 15) is 29.1 Å². The van der Waals surface area contributed by atoms with Crippen LogP contribution in [0.2, 0.25) is 10.0 Å². The maximum Gasteiger partial charge on any atom is 0.407 e. The average molecular weight is 1130 g/mol. The number of methoxy groups -OCH3 is 2. The molecule has 2 aliphatic rings. The van der Waals surface area contributed by atoms with Gasteiger partial charge in [0.1, 0.15) is 42.3 Å². The van der Waals surface area contributed by atoms with Gasteiger partial charge in [-0.15, -0.1) is 0 Å². The maximum absolute atomic E-state index is 14.1. The van der Waals surface area contributed by atoms with Crippen molar-refractivity contribution in [3.05, 3.63) is 128 Å². The molecule has 0 radical (unpaired) electrons. The largest absolute Gasteiger partial charge is 0.476 e. The van der Waals surface area contributed by atoms with Gasteiger partial charge in [0.2, 0.25) is 0 Å². The highest BCUT2D eigenvalue weighted by atomic mass is 35.5. The molecule has 2 aliphatic heterocycles. The zero-order valence-electron chi connectivity index (χ0n) is 46.6. The third-order valence-corrected chi connectivity index (χ3v) is 13.4. The van der Waals surface area contributed by atoms with Crippen molar-refractivity contribution in [3.8, 4) is 0 Å². The van der Waals surface area contributed by atoms with Crippen molar-refractivity contribution in [3.63, 3.8) is 0 Å². The van der Waals surface area contributed by atoms with Crippen LogP contribution in [0.5, 0.6) is 0 Å². The van der Waals surface area contributed by atoms with Gasteiger partial charge in [0, 0.05) is 92.9 Å². The van der Waals surface area contributed by atoms with Crippen molar-refractivity contribution in [2.45, 2.75) is 136 Å². The number of aromatic carboxylic acids is 1. The standard InChI is InChI=1S/C34H44ClN5O6.C23H31ClN4O5/c1-6-45-32(42)28(19-23-13-8-7-9-14-23)37-30(41)29-26(20-24-15-10-11-17-27(24)35)31(40(38-29)22-44-5)39-18-12-16-25(21-39)36-33(43)46-34(2,3)4;1-23(2,3)33-22(31)25-16-9-7-11-27(13-16)20-17(12-15-8-5-6-10-18(15)24)19(21(29)30)26-28(20)14-32-4/h7-11,13-15,17,25,28H,6,12,16,18-22H2,1-5H3,(H,36,43)(H,37,41);5-6,8,10,16H,7,9,11-14H2,1-4H3,(H,25,31)(H,29,30)/t25-,28+;16-/m11/s1. The number of esters is 1. The molecule has 4 heterocycles. The van der Waals surface area contributed by atoms with Crippen LogP contribution in [0.1, 0.15) is 123 Å². The summed E-state index contributed by atoms with van der Waals surface area (Å²) in [5.41, 5.74) is 2.58. The summed E-state index contributed by atoms with van der Waals surface area (Å²) in [6, 6.07) is 22.9. The number of nitrogens with one attached hydrogen (secondary N) is 3. The highest BCUT2D eigenvalue weighted by Gasteiger charge is 2.35. The molecule has 0 saturated carbocycles. The molecule has 20 nitrogen and oxygen atoms in total. The molecule has 2 fully saturated rings. The van der Waals surface area contributed by atoms with Crippen LogP contribution in [-0.2, 0) is 61.2 Å². The number of halogens is 2. The highest BCUT2D eigenvalue weighted by molar-refractivity contribution is 6.31. The van der Waals surface area contributed by atoms with Gasteiger partial charge in [-0.05, 0) is 103 Å². The number of carbonyl (C=O) groups excluding carboxylic acids is 4. The molecule has 2 aromatic heterocycles. The number of nitrogens with zero attached hydrogens (tertiary/aromatic N) is 6. The second kappa shape index (κ2) is 28.3. The lowest BCUT2D eigenvalue weighted by Crippen LogP contribution is -2.49. The second-order valence-corrected chi connectivity index (χ2v) is 22.1. The Morgan fingerprint density at radius 3 is 1.54 bits per heavy atom. The number of carboxylic acid groups (broad SMARTS) is 1. The van der Waals surface area contributed by atoms with Gasteiger partial charge in [0.25, 0.3) is 5.91 Å². The molecule has 3 aromatic carbocycles. The first kappa shape index (κ1) is 61.3. The van der Waals surface area contributed by atoms with Crippen molar-refractivity contribution in [2.75, 3.05) is 56.8 Å². The Balaban J connectivity index is 0.000000269. The summed E-state index contributed by atoms with van der Waals surface area (Å²) in [6.45, 7) is 15.3. The van der Waals surface area contributed by atoms with Crippen LogP contribution in [0, 0.1) is 0 Å². The van der Waals surface area contributed by atoms with Gasteiger partial charge in [-0.3, -0.25) is 4.79 Å². The van der Waals surface area contributed by atoms with Crippen molar-refractivity contribution in [2.24, 2.45) is 0 Å². The smallest absolute Gasteiger partial charge is 0.407 e. The number of benzene rings is 3. The molecule has 0 bridgehead atoms. The third kappa shape index (κ3) is 17.8. The minimum Gasteiger partial charge on any atom is -0.476 e.